The molecule has 26 heavy (non-hydrogen) atoms. The average molecular weight is 395 g/mol. The summed E-state index contributed by atoms with van der Waals surface area (Å²) in [5.74, 6) is 0.488. The van der Waals surface area contributed by atoms with Crippen LogP contribution in [0.4, 0.5) is 9.59 Å². The quantitative estimate of drug-likeness (QED) is 0.412. The van der Waals surface area contributed by atoms with Crippen molar-refractivity contribution in [1.82, 2.24) is 0 Å². The second-order valence-electron chi connectivity index (χ2n) is 4.76. The van der Waals surface area contributed by atoms with Crippen molar-refractivity contribution in [3.63, 3.8) is 0 Å². The van der Waals surface area contributed by atoms with Gasteiger partial charge in [-0.1, -0.05) is 65.7 Å². The molecule has 0 atom stereocenters. The summed E-state index contributed by atoms with van der Waals surface area (Å²) in [6, 6.07) is 17.6. The molecular weight excluding hydrogens is 383 g/mol. The fourth-order valence-corrected chi connectivity index (χ4v) is 2.42. The number of ether oxygens (including phenoxy) is 2. The van der Waals surface area contributed by atoms with Gasteiger partial charge in [0.25, 0.3) is 0 Å². The zero-order valence-corrected chi connectivity index (χ0v) is 14.6. The van der Waals surface area contributed by atoms with Gasteiger partial charge in [0, 0.05) is 5.39 Å². The van der Waals surface area contributed by atoms with Crippen molar-refractivity contribution in [2.75, 3.05) is 0 Å². The van der Waals surface area contributed by atoms with Gasteiger partial charge < -0.3 is 19.7 Å². The van der Waals surface area contributed by atoms with Crippen LogP contribution in [0.2, 0.25) is 10.0 Å². The molecule has 0 aliphatic carbocycles. The van der Waals surface area contributed by atoms with E-state index in [2.05, 4.69) is 0 Å². The summed E-state index contributed by atoms with van der Waals surface area (Å²) in [7, 11) is 0. The van der Waals surface area contributed by atoms with Crippen LogP contribution in [0.1, 0.15) is 0 Å². The third kappa shape index (κ3) is 5.27. The van der Waals surface area contributed by atoms with Gasteiger partial charge in [-0.15, -0.1) is 0 Å². The van der Waals surface area contributed by atoms with Crippen molar-refractivity contribution in [2.45, 2.75) is 0 Å². The topological polar surface area (TPSA) is 93.1 Å². The standard InChI is InChI=1S/C17H10Cl2O3.CH2O3/c18-13-7-3-4-8-15(13)21-17(20)22-16-12-6-2-1-5-11(12)9-10-14(16)19;2-1(3)4/h1-10H;(H2,2,3,4). The van der Waals surface area contributed by atoms with Crippen LogP contribution in [0.25, 0.3) is 10.8 Å². The first-order valence-electron chi connectivity index (χ1n) is 7.12. The third-order valence-corrected chi connectivity index (χ3v) is 3.66. The molecule has 3 rings (SSSR count). The molecule has 8 heteroatoms. The summed E-state index contributed by atoms with van der Waals surface area (Å²) in [5, 5.41) is 16.2. The van der Waals surface area contributed by atoms with Gasteiger partial charge in [0.15, 0.2) is 11.5 Å². The van der Waals surface area contributed by atoms with E-state index in [4.69, 9.17) is 47.7 Å². The maximum Gasteiger partial charge on any atom is 0.519 e. The predicted octanol–water partition coefficient (Wildman–Crippen LogP) is 5.95. The van der Waals surface area contributed by atoms with Gasteiger partial charge in [-0.2, -0.15) is 0 Å². The number of carbonyl (C=O) groups excluding carboxylic acids is 1. The van der Waals surface area contributed by atoms with Crippen LogP contribution in [0.5, 0.6) is 11.5 Å². The zero-order chi connectivity index (χ0) is 19.1. The Kier molecular flexibility index (Phi) is 6.66. The molecule has 134 valence electrons. The first kappa shape index (κ1) is 19.4. The molecule has 0 radical (unpaired) electrons. The Morgan fingerprint density at radius 1 is 0.769 bits per heavy atom. The Hall–Kier alpha value is -2.96. The molecule has 0 amide bonds. The second kappa shape index (κ2) is 8.94. The molecule has 3 aromatic carbocycles. The van der Waals surface area contributed by atoms with Gasteiger partial charge in [-0.3, -0.25) is 0 Å². The first-order valence-corrected chi connectivity index (χ1v) is 7.87. The highest BCUT2D eigenvalue weighted by Crippen LogP contribution is 2.34. The number of carbonyl (C=O) groups is 2. The highest BCUT2D eigenvalue weighted by atomic mass is 35.5. The lowest BCUT2D eigenvalue weighted by Gasteiger charge is -2.10. The van der Waals surface area contributed by atoms with Crippen LogP contribution in [0, 0.1) is 0 Å². The molecule has 0 unspecified atom stereocenters. The number of halogens is 2. The molecular formula is C18H12Cl2O6. The average Bonchev–Trinajstić information content (AvgIpc) is 2.59. The number of benzene rings is 3. The lowest BCUT2D eigenvalue weighted by Crippen LogP contribution is -2.14. The van der Waals surface area contributed by atoms with E-state index in [1.807, 2.05) is 30.3 Å². The molecule has 0 aliphatic rings. The molecule has 0 saturated heterocycles. The molecule has 0 spiro atoms. The van der Waals surface area contributed by atoms with E-state index in [9.17, 15) is 4.79 Å². The second-order valence-corrected chi connectivity index (χ2v) is 5.58. The van der Waals surface area contributed by atoms with Crippen LogP contribution in [-0.2, 0) is 0 Å². The molecule has 0 bridgehead atoms. The maximum atomic E-state index is 12.0. The number of fused-ring (bicyclic) bond motifs is 1. The minimum absolute atomic E-state index is 0.227. The minimum atomic E-state index is -1.83. The van der Waals surface area contributed by atoms with Crippen LogP contribution in [-0.4, -0.2) is 22.5 Å². The van der Waals surface area contributed by atoms with Crippen molar-refractivity contribution in [3.05, 3.63) is 70.7 Å². The molecule has 0 aromatic heterocycles. The van der Waals surface area contributed by atoms with Crippen molar-refractivity contribution >= 4 is 46.3 Å². The Balaban J connectivity index is 0.000000552. The molecule has 0 saturated carbocycles. The SMILES string of the molecule is O=C(O)O.O=C(Oc1ccccc1Cl)Oc1c(Cl)ccc2ccccc12. The third-order valence-electron chi connectivity index (χ3n) is 3.05. The van der Waals surface area contributed by atoms with E-state index in [0.717, 1.165) is 10.8 Å². The largest absolute Gasteiger partial charge is 0.519 e. The summed E-state index contributed by atoms with van der Waals surface area (Å²) >= 11 is 12.1. The fourth-order valence-electron chi connectivity index (χ4n) is 2.04. The van der Waals surface area contributed by atoms with Crippen molar-refractivity contribution in [3.8, 4) is 11.5 Å². The summed E-state index contributed by atoms with van der Waals surface area (Å²) in [6.07, 6.45) is -2.73. The maximum absolute atomic E-state index is 12.0. The fraction of sp³-hybridized carbons (Fsp3) is 0. The number of hydrogen-bond donors (Lipinski definition) is 2. The monoisotopic (exact) mass is 394 g/mol. The normalized spacial score (nSPS) is 9.77. The number of carboxylic acid groups (broad SMARTS) is 2. The van der Waals surface area contributed by atoms with Crippen molar-refractivity contribution < 1.29 is 29.3 Å². The highest BCUT2D eigenvalue weighted by Gasteiger charge is 2.15. The first-order chi connectivity index (χ1) is 12.4. The molecule has 0 aliphatic heterocycles. The van der Waals surface area contributed by atoms with Gasteiger partial charge >= 0.3 is 12.3 Å². The van der Waals surface area contributed by atoms with E-state index in [-0.39, 0.29) is 11.5 Å². The Morgan fingerprint density at radius 2 is 1.38 bits per heavy atom. The van der Waals surface area contributed by atoms with Gasteiger partial charge in [0.1, 0.15) is 0 Å². The Bertz CT molecular complexity index is 938. The van der Waals surface area contributed by atoms with E-state index in [1.165, 1.54) is 0 Å². The predicted molar refractivity (Wildman–Crippen MR) is 97.7 cm³/mol. The highest BCUT2D eigenvalue weighted by molar-refractivity contribution is 6.33. The van der Waals surface area contributed by atoms with Crippen molar-refractivity contribution in [2.24, 2.45) is 0 Å². The lowest BCUT2D eigenvalue weighted by atomic mass is 10.1. The zero-order valence-electron chi connectivity index (χ0n) is 13.1. The van der Waals surface area contributed by atoms with E-state index >= 15 is 0 Å². The Morgan fingerprint density at radius 3 is 2.08 bits per heavy atom. The molecule has 6 nitrogen and oxygen atoms in total. The minimum Gasteiger partial charge on any atom is -0.450 e. The lowest BCUT2D eigenvalue weighted by molar-refractivity contribution is 0.136. The molecule has 2 N–H and O–H groups in total. The number of hydrogen-bond acceptors (Lipinski definition) is 4. The van der Waals surface area contributed by atoms with Crippen molar-refractivity contribution in [1.29, 1.82) is 0 Å². The van der Waals surface area contributed by atoms with E-state index in [1.54, 1.807) is 30.3 Å². The van der Waals surface area contributed by atoms with Gasteiger partial charge in [-0.05, 0) is 23.6 Å². The smallest absolute Gasteiger partial charge is 0.450 e. The van der Waals surface area contributed by atoms with Crippen LogP contribution >= 0.6 is 23.2 Å². The van der Waals surface area contributed by atoms with Crippen LogP contribution in [0.15, 0.2) is 60.7 Å². The van der Waals surface area contributed by atoms with E-state index < -0.39 is 12.3 Å². The molecule has 3 aromatic rings. The van der Waals surface area contributed by atoms with Crippen LogP contribution in [0.3, 0.4) is 0 Å². The summed E-state index contributed by atoms with van der Waals surface area (Å²) in [4.78, 5) is 20.5. The van der Waals surface area contributed by atoms with Gasteiger partial charge in [0.2, 0.25) is 0 Å². The van der Waals surface area contributed by atoms with Crippen LogP contribution < -0.4 is 9.47 Å². The summed E-state index contributed by atoms with van der Waals surface area (Å²) < 4.78 is 10.4. The summed E-state index contributed by atoms with van der Waals surface area (Å²) in [5.41, 5.74) is 0. The number of para-hydroxylation sites is 1. The summed E-state index contributed by atoms with van der Waals surface area (Å²) in [6.45, 7) is 0. The Labute approximate surface area is 158 Å². The molecule has 0 heterocycles. The number of rotatable bonds is 2. The van der Waals surface area contributed by atoms with E-state index in [0.29, 0.717) is 10.0 Å². The van der Waals surface area contributed by atoms with Gasteiger partial charge in [0.05, 0.1) is 10.0 Å². The molecule has 0 fully saturated rings. The van der Waals surface area contributed by atoms with Gasteiger partial charge in [-0.25, -0.2) is 9.59 Å².